The van der Waals surface area contributed by atoms with E-state index in [9.17, 15) is 13.7 Å². The molecule has 0 spiro atoms. The van der Waals surface area contributed by atoms with Crippen LogP contribution in [0.5, 0.6) is 0 Å². The molecule has 11 nitrogen and oxygen atoms in total. The first-order chi connectivity index (χ1) is 8.41. The second-order valence-corrected chi connectivity index (χ2v) is 7.63. The molecule has 4 N–H and O–H groups in total. The Labute approximate surface area is 112 Å². The van der Waals surface area contributed by atoms with Crippen molar-refractivity contribution in [1.82, 2.24) is 0 Å². The minimum atomic E-state index is -5.49. The fourth-order valence-corrected chi connectivity index (χ4v) is 3.92. The molecular weight excluding hydrogens is 352 g/mol. The van der Waals surface area contributed by atoms with Gasteiger partial charge in [0, 0.05) is 7.11 Å². The van der Waals surface area contributed by atoms with Gasteiger partial charge in [-0.1, -0.05) is 0 Å². The summed E-state index contributed by atoms with van der Waals surface area (Å²) in [5.74, 6) is -0.105. The van der Waals surface area contributed by atoms with E-state index in [1.807, 2.05) is 0 Å². The molecule has 3 unspecified atom stereocenters. The predicted octanol–water partition coefficient (Wildman–Crippen LogP) is 0.583. The van der Waals surface area contributed by atoms with Crippen LogP contribution in [-0.4, -0.2) is 45.3 Å². The van der Waals surface area contributed by atoms with E-state index in [1.165, 1.54) is 7.11 Å². The summed E-state index contributed by atoms with van der Waals surface area (Å²) < 4.78 is 48.3. The molecule has 0 aliphatic heterocycles. The van der Waals surface area contributed by atoms with Crippen LogP contribution in [0.4, 0.5) is 0 Å². The maximum absolute atomic E-state index is 11.2. The van der Waals surface area contributed by atoms with E-state index in [0.717, 1.165) is 0 Å². The van der Waals surface area contributed by atoms with Crippen molar-refractivity contribution in [2.45, 2.75) is 6.10 Å². The highest BCUT2D eigenvalue weighted by molar-refractivity contribution is 7.66. The topological polar surface area (TPSA) is 169 Å². The number of phosphoric acid groups is 3. The van der Waals surface area contributed by atoms with Crippen LogP contribution in [0.25, 0.3) is 0 Å². The lowest BCUT2D eigenvalue weighted by molar-refractivity contribution is 0.0590. The molecule has 116 valence electrons. The molecule has 19 heavy (non-hydrogen) atoms. The first-order valence-corrected chi connectivity index (χ1v) is 9.33. The third kappa shape index (κ3) is 10.1. The molecule has 0 fully saturated rings. The zero-order valence-electron chi connectivity index (χ0n) is 9.36. The molecule has 15 heteroatoms. The molecule has 0 aromatic heterocycles. The number of phosphoric ester groups is 1. The number of rotatable bonds is 9. The van der Waals surface area contributed by atoms with E-state index in [-0.39, 0.29) is 5.88 Å². The first-order valence-electron chi connectivity index (χ1n) is 4.28. The number of ether oxygens (including phenoxy) is 1. The summed E-state index contributed by atoms with van der Waals surface area (Å²) in [5.41, 5.74) is 0. The summed E-state index contributed by atoms with van der Waals surface area (Å²) in [4.78, 5) is 34.4. The Kier molecular flexibility index (Phi) is 7.87. The van der Waals surface area contributed by atoms with Gasteiger partial charge in [0.2, 0.25) is 0 Å². The summed E-state index contributed by atoms with van der Waals surface area (Å²) in [6, 6.07) is 0. The lowest BCUT2D eigenvalue weighted by atomic mass is 10.4. The average molecular weight is 365 g/mol. The SMILES string of the molecule is COC(CCl)COP(=O)(O)OP(=O)(O)OP(=O)(O)O. The number of hydrogen-bond donors (Lipinski definition) is 4. The molecule has 0 bridgehead atoms. The number of methoxy groups -OCH3 is 1. The van der Waals surface area contributed by atoms with Crippen molar-refractivity contribution in [1.29, 1.82) is 0 Å². The Hall–Kier alpha value is 0.660. The van der Waals surface area contributed by atoms with Gasteiger partial charge in [-0.25, -0.2) is 13.7 Å². The van der Waals surface area contributed by atoms with Crippen LogP contribution in [0, 0.1) is 0 Å². The third-order valence-corrected chi connectivity index (χ3v) is 5.49. The zero-order chi connectivity index (χ0) is 15.3. The number of hydrogen-bond acceptors (Lipinski definition) is 7. The lowest BCUT2D eigenvalue weighted by Crippen LogP contribution is -2.19. The van der Waals surface area contributed by atoms with E-state index in [4.69, 9.17) is 31.2 Å². The highest BCUT2D eigenvalue weighted by atomic mass is 35.5. The fraction of sp³-hybridized carbons (Fsp3) is 1.00. The van der Waals surface area contributed by atoms with Gasteiger partial charge < -0.3 is 24.3 Å². The zero-order valence-corrected chi connectivity index (χ0v) is 12.8. The van der Waals surface area contributed by atoms with Crippen LogP contribution in [0.15, 0.2) is 0 Å². The maximum atomic E-state index is 11.2. The van der Waals surface area contributed by atoms with Crippen molar-refractivity contribution in [2.75, 3.05) is 19.6 Å². The smallest absolute Gasteiger partial charge is 0.378 e. The molecule has 0 heterocycles. The molecule has 0 aliphatic carbocycles. The Morgan fingerprint density at radius 2 is 1.58 bits per heavy atom. The van der Waals surface area contributed by atoms with E-state index < -0.39 is 36.2 Å². The van der Waals surface area contributed by atoms with Gasteiger partial charge in [0.25, 0.3) is 0 Å². The second kappa shape index (κ2) is 7.61. The molecule has 0 aromatic carbocycles. The minimum absolute atomic E-state index is 0.105. The van der Waals surface area contributed by atoms with E-state index in [0.29, 0.717) is 0 Å². The monoisotopic (exact) mass is 364 g/mol. The minimum Gasteiger partial charge on any atom is -0.378 e. The van der Waals surface area contributed by atoms with Crippen LogP contribution in [0.3, 0.4) is 0 Å². The molecule has 0 aliphatic rings. The van der Waals surface area contributed by atoms with Gasteiger partial charge in [0.15, 0.2) is 0 Å². The van der Waals surface area contributed by atoms with Crippen molar-refractivity contribution in [3.63, 3.8) is 0 Å². The summed E-state index contributed by atoms with van der Waals surface area (Å²) in [5, 5.41) is 0. The van der Waals surface area contributed by atoms with E-state index in [1.54, 1.807) is 0 Å². The maximum Gasteiger partial charge on any atom is 0.490 e. The average Bonchev–Trinajstić information content (AvgIpc) is 2.12. The summed E-state index contributed by atoms with van der Waals surface area (Å²) in [6.07, 6.45) is -0.800. The summed E-state index contributed by atoms with van der Waals surface area (Å²) >= 11 is 5.37. The molecule has 0 aromatic rings. The molecule has 0 saturated heterocycles. The predicted molar refractivity (Wildman–Crippen MR) is 61.3 cm³/mol. The van der Waals surface area contributed by atoms with Crippen molar-refractivity contribution in [3.8, 4) is 0 Å². The van der Waals surface area contributed by atoms with Gasteiger partial charge in [0.05, 0.1) is 18.6 Å². The molecule has 0 radical (unpaired) electrons. The Balaban J connectivity index is 4.55. The van der Waals surface area contributed by atoms with Crippen molar-refractivity contribution >= 4 is 35.1 Å². The highest BCUT2D eigenvalue weighted by Crippen LogP contribution is 2.66. The standard InChI is InChI=1S/C4H12ClO11P3/c1-13-4(2-5)3-14-18(9,10)16-19(11,12)15-17(6,7)8/h4H,2-3H2,1H3,(H,9,10)(H,11,12)(H2,6,7,8). The molecule has 0 saturated carbocycles. The Morgan fingerprint density at radius 3 is 1.95 bits per heavy atom. The van der Waals surface area contributed by atoms with Crippen molar-refractivity contribution in [2.24, 2.45) is 0 Å². The van der Waals surface area contributed by atoms with Crippen molar-refractivity contribution < 1.29 is 51.2 Å². The summed E-state index contributed by atoms with van der Waals surface area (Å²) in [7, 11) is -14.8. The van der Waals surface area contributed by atoms with Crippen LogP contribution < -0.4 is 0 Å². The van der Waals surface area contributed by atoms with Crippen LogP contribution in [0.1, 0.15) is 0 Å². The van der Waals surface area contributed by atoms with Crippen LogP contribution in [-0.2, 0) is 31.6 Å². The van der Waals surface area contributed by atoms with Gasteiger partial charge in [0.1, 0.15) is 0 Å². The number of halogens is 1. The van der Waals surface area contributed by atoms with Gasteiger partial charge in [-0.05, 0) is 0 Å². The van der Waals surface area contributed by atoms with Gasteiger partial charge in [-0.15, -0.1) is 11.6 Å². The summed E-state index contributed by atoms with van der Waals surface area (Å²) in [6.45, 7) is -0.566. The largest absolute Gasteiger partial charge is 0.490 e. The van der Waals surface area contributed by atoms with Crippen LogP contribution >= 0.6 is 35.1 Å². The van der Waals surface area contributed by atoms with E-state index in [2.05, 4.69) is 17.9 Å². The molecule has 0 rings (SSSR count). The van der Waals surface area contributed by atoms with Crippen LogP contribution in [0.2, 0.25) is 0 Å². The lowest BCUT2D eigenvalue weighted by Gasteiger charge is -2.18. The Bertz CT molecular complexity index is 414. The van der Waals surface area contributed by atoms with Gasteiger partial charge in [-0.2, -0.15) is 8.62 Å². The van der Waals surface area contributed by atoms with E-state index >= 15 is 0 Å². The Morgan fingerprint density at radius 1 is 1.05 bits per heavy atom. The molecular formula is C4H12ClO11P3. The fourth-order valence-electron chi connectivity index (χ4n) is 0.656. The highest BCUT2D eigenvalue weighted by Gasteiger charge is 2.40. The molecule has 0 amide bonds. The van der Waals surface area contributed by atoms with Gasteiger partial charge in [-0.3, -0.25) is 4.52 Å². The van der Waals surface area contributed by atoms with Gasteiger partial charge >= 0.3 is 23.5 Å². The second-order valence-electron chi connectivity index (χ2n) is 2.90. The quantitative estimate of drug-likeness (QED) is 0.333. The molecule has 3 atom stereocenters. The van der Waals surface area contributed by atoms with Crippen molar-refractivity contribution in [3.05, 3.63) is 0 Å². The number of alkyl halides is 1. The normalized spacial score (nSPS) is 20.5. The first kappa shape index (κ1) is 19.7. The third-order valence-electron chi connectivity index (χ3n) is 1.34.